The molecule has 1 aromatic rings. The van der Waals surface area contributed by atoms with Crippen molar-refractivity contribution in [3.05, 3.63) is 34.9 Å². The van der Waals surface area contributed by atoms with Gasteiger partial charge in [-0.25, -0.2) is 0 Å². The minimum atomic E-state index is 0.202. The fraction of sp³-hybridized carbons (Fsp3) is 0.467. The number of fused-ring (bicyclic) bond motifs is 1. The normalized spacial score (nSPS) is 22.2. The standard InChI is InChI=1S/C15H17N3O/c16-8-11-1-4-14-12(7-11)2-3-13(14)10-18-6-5-17-9-15(18)19/h1,4,7,13,17H,2-3,5-6,9-10H2. The molecule has 1 fully saturated rings. The summed E-state index contributed by atoms with van der Waals surface area (Å²) in [5.74, 6) is 0.637. The molecule has 2 aliphatic rings. The van der Waals surface area contributed by atoms with Gasteiger partial charge in [-0.15, -0.1) is 0 Å². The Labute approximate surface area is 113 Å². The summed E-state index contributed by atoms with van der Waals surface area (Å²) in [5.41, 5.74) is 3.34. The molecule has 0 radical (unpaired) electrons. The highest BCUT2D eigenvalue weighted by molar-refractivity contribution is 5.79. The van der Waals surface area contributed by atoms with E-state index >= 15 is 0 Å². The second kappa shape index (κ2) is 5.02. The van der Waals surface area contributed by atoms with Crippen LogP contribution in [0, 0.1) is 11.3 Å². The van der Waals surface area contributed by atoms with Crippen molar-refractivity contribution in [2.24, 2.45) is 0 Å². The topological polar surface area (TPSA) is 56.1 Å². The van der Waals surface area contributed by atoms with Crippen LogP contribution in [-0.4, -0.2) is 37.0 Å². The van der Waals surface area contributed by atoms with Crippen LogP contribution in [0.4, 0.5) is 0 Å². The maximum Gasteiger partial charge on any atom is 0.236 e. The zero-order valence-corrected chi connectivity index (χ0v) is 10.9. The van der Waals surface area contributed by atoms with Crippen molar-refractivity contribution >= 4 is 5.91 Å². The summed E-state index contributed by atoms with van der Waals surface area (Å²) in [7, 11) is 0. The van der Waals surface area contributed by atoms with Gasteiger partial charge in [-0.1, -0.05) is 6.07 Å². The first-order valence-corrected chi connectivity index (χ1v) is 6.79. The first kappa shape index (κ1) is 12.2. The molecule has 1 aliphatic heterocycles. The molecule has 0 bridgehead atoms. The number of carbonyl (C=O) groups is 1. The lowest BCUT2D eigenvalue weighted by atomic mass is 9.99. The fourth-order valence-electron chi connectivity index (χ4n) is 3.07. The van der Waals surface area contributed by atoms with Gasteiger partial charge in [-0.05, 0) is 36.1 Å². The van der Waals surface area contributed by atoms with Crippen molar-refractivity contribution in [1.82, 2.24) is 10.2 Å². The van der Waals surface area contributed by atoms with E-state index in [2.05, 4.69) is 17.5 Å². The molecule has 1 aromatic carbocycles. The average Bonchev–Trinajstić information content (AvgIpc) is 2.83. The highest BCUT2D eigenvalue weighted by Gasteiger charge is 2.27. The highest BCUT2D eigenvalue weighted by Crippen LogP contribution is 2.34. The lowest BCUT2D eigenvalue weighted by Crippen LogP contribution is -2.49. The fourth-order valence-corrected chi connectivity index (χ4v) is 3.07. The second-order valence-corrected chi connectivity index (χ2v) is 5.28. The third kappa shape index (κ3) is 2.34. The first-order chi connectivity index (χ1) is 9.28. The van der Waals surface area contributed by atoms with Gasteiger partial charge >= 0.3 is 0 Å². The van der Waals surface area contributed by atoms with Crippen LogP contribution in [0.2, 0.25) is 0 Å². The number of benzene rings is 1. The van der Waals surface area contributed by atoms with Crippen molar-refractivity contribution in [3.8, 4) is 6.07 Å². The van der Waals surface area contributed by atoms with E-state index in [1.165, 1.54) is 11.1 Å². The van der Waals surface area contributed by atoms with E-state index in [9.17, 15) is 4.79 Å². The molecule has 98 valence electrons. The van der Waals surface area contributed by atoms with Crippen LogP contribution in [0.3, 0.4) is 0 Å². The van der Waals surface area contributed by atoms with E-state index in [4.69, 9.17) is 5.26 Å². The minimum absolute atomic E-state index is 0.202. The summed E-state index contributed by atoms with van der Waals surface area (Å²) < 4.78 is 0. The third-order valence-corrected chi connectivity index (χ3v) is 4.10. The summed E-state index contributed by atoms with van der Waals surface area (Å²) in [6.07, 6.45) is 2.11. The van der Waals surface area contributed by atoms with E-state index in [1.807, 2.05) is 17.0 Å². The SMILES string of the molecule is N#Cc1ccc2c(c1)CCC2CN1CCNCC1=O. The molecule has 1 unspecified atom stereocenters. The average molecular weight is 255 g/mol. The van der Waals surface area contributed by atoms with Gasteiger partial charge in [0.25, 0.3) is 0 Å². The number of nitrogens with one attached hydrogen (secondary N) is 1. The number of hydrogen-bond acceptors (Lipinski definition) is 3. The van der Waals surface area contributed by atoms with Crippen molar-refractivity contribution in [1.29, 1.82) is 5.26 Å². The van der Waals surface area contributed by atoms with Crippen LogP contribution in [-0.2, 0) is 11.2 Å². The highest BCUT2D eigenvalue weighted by atomic mass is 16.2. The van der Waals surface area contributed by atoms with Crippen LogP contribution in [0.25, 0.3) is 0 Å². The van der Waals surface area contributed by atoms with Crippen LogP contribution in [0.5, 0.6) is 0 Å². The van der Waals surface area contributed by atoms with Crippen molar-refractivity contribution in [3.63, 3.8) is 0 Å². The Morgan fingerprint density at radius 2 is 2.37 bits per heavy atom. The molecule has 0 aromatic heterocycles. The number of aryl methyl sites for hydroxylation is 1. The zero-order valence-electron chi connectivity index (χ0n) is 10.9. The summed E-state index contributed by atoms with van der Waals surface area (Å²) >= 11 is 0. The zero-order chi connectivity index (χ0) is 13.2. The van der Waals surface area contributed by atoms with Gasteiger partial charge in [-0.2, -0.15) is 5.26 Å². The second-order valence-electron chi connectivity index (χ2n) is 5.28. The summed E-state index contributed by atoms with van der Waals surface area (Å²) in [6, 6.07) is 8.14. The molecule has 4 heteroatoms. The van der Waals surface area contributed by atoms with E-state index in [0.29, 0.717) is 12.5 Å². The third-order valence-electron chi connectivity index (χ3n) is 4.10. The van der Waals surface area contributed by atoms with Gasteiger partial charge in [0, 0.05) is 25.6 Å². The van der Waals surface area contributed by atoms with Crippen LogP contribution < -0.4 is 5.32 Å². The van der Waals surface area contributed by atoms with E-state index < -0.39 is 0 Å². The molecule has 1 heterocycles. The largest absolute Gasteiger partial charge is 0.340 e. The van der Waals surface area contributed by atoms with E-state index in [1.54, 1.807) is 0 Å². The molecule has 4 nitrogen and oxygen atoms in total. The minimum Gasteiger partial charge on any atom is -0.340 e. The molecule has 1 aliphatic carbocycles. The lowest BCUT2D eigenvalue weighted by Gasteiger charge is -2.30. The predicted molar refractivity (Wildman–Crippen MR) is 71.7 cm³/mol. The van der Waals surface area contributed by atoms with Crippen molar-refractivity contribution in [2.75, 3.05) is 26.2 Å². The maximum absolute atomic E-state index is 11.8. The van der Waals surface area contributed by atoms with Gasteiger partial charge in [-0.3, -0.25) is 4.79 Å². The quantitative estimate of drug-likeness (QED) is 0.858. The first-order valence-electron chi connectivity index (χ1n) is 6.79. The smallest absolute Gasteiger partial charge is 0.236 e. The van der Waals surface area contributed by atoms with Crippen LogP contribution >= 0.6 is 0 Å². The molecular formula is C15H17N3O. The van der Waals surface area contributed by atoms with Gasteiger partial charge < -0.3 is 10.2 Å². The molecule has 1 N–H and O–H groups in total. The van der Waals surface area contributed by atoms with E-state index in [-0.39, 0.29) is 5.91 Å². The Balaban J connectivity index is 1.75. The van der Waals surface area contributed by atoms with Gasteiger partial charge in [0.2, 0.25) is 5.91 Å². The maximum atomic E-state index is 11.8. The van der Waals surface area contributed by atoms with Gasteiger partial charge in [0.15, 0.2) is 0 Å². The summed E-state index contributed by atoms with van der Waals surface area (Å²) in [6.45, 7) is 2.98. The Hall–Kier alpha value is -1.86. The summed E-state index contributed by atoms with van der Waals surface area (Å²) in [4.78, 5) is 13.8. The van der Waals surface area contributed by atoms with Gasteiger partial charge in [0.1, 0.15) is 0 Å². The Morgan fingerprint density at radius 3 is 3.16 bits per heavy atom. The van der Waals surface area contributed by atoms with Crippen LogP contribution in [0.15, 0.2) is 18.2 Å². The van der Waals surface area contributed by atoms with Crippen molar-refractivity contribution in [2.45, 2.75) is 18.8 Å². The van der Waals surface area contributed by atoms with Gasteiger partial charge in [0.05, 0.1) is 18.2 Å². The molecule has 0 spiro atoms. The molecule has 1 amide bonds. The Bertz CT molecular complexity index is 547. The Kier molecular flexibility index (Phi) is 3.22. The molecular weight excluding hydrogens is 238 g/mol. The number of nitrogens with zero attached hydrogens (tertiary/aromatic N) is 2. The molecule has 3 rings (SSSR count). The number of nitriles is 1. The molecule has 1 saturated heterocycles. The summed E-state index contributed by atoms with van der Waals surface area (Å²) in [5, 5.41) is 12.0. The monoisotopic (exact) mass is 255 g/mol. The molecule has 0 saturated carbocycles. The Morgan fingerprint density at radius 1 is 1.47 bits per heavy atom. The molecule has 1 atom stereocenters. The van der Waals surface area contributed by atoms with Crippen molar-refractivity contribution < 1.29 is 4.79 Å². The number of piperazine rings is 1. The predicted octanol–water partition coefficient (Wildman–Crippen LogP) is 1.02. The lowest BCUT2D eigenvalue weighted by molar-refractivity contribution is -0.132. The number of amides is 1. The molecule has 19 heavy (non-hydrogen) atoms. The van der Waals surface area contributed by atoms with E-state index in [0.717, 1.165) is 38.0 Å². The van der Waals surface area contributed by atoms with Crippen LogP contribution in [0.1, 0.15) is 29.0 Å². The number of hydrogen-bond donors (Lipinski definition) is 1. The number of carbonyl (C=O) groups excluding carboxylic acids is 1. The number of rotatable bonds is 2.